The van der Waals surface area contributed by atoms with Crippen molar-refractivity contribution < 1.29 is 24.6 Å². The van der Waals surface area contributed by atoms with E-state index < -0.39 is 17.5 Å². The van der Waals surface area contributed by atoms with Gasteiger partial charge in [-0.05, 0) is 30.5 Å². The van der Waals surface area contributed by atoms with Gasteiger partial charge in [0.2, 0.25) is 11.5 Å². The number of carboxylic acids is 1. The van der Waals surface area contributed by atoms with E-state index >= 15 is 0 Å². The van der Waals surface area contributed by atoms with Crippen molar-refractivity contribution in [1.29, 1.82) is 0 Å². The third-order valence-corrected chi connectivity index (χ3v) is 3.26. The lowest BCUT2D eigenvalue weighted by atomic mass is 10.0. The number of aromatic amines is 1. The molecule has 1 aromatic carbocycles. The lowest BCUT2D eigenvalue weighted by Crippen LogP contribution is -2.04. The SMILES string of the molecule is CC(=O)c1ccc(Cc2c[nH]c(C(=O)/C=C(\O)C(=O)O)c2)cc1. The molecule has 0 aliphatic heterocycles. The van der Waals surface area contributed by atoms with Crippen LogP contribution >= 0.6 is 0 Å². The molecule has 0 fully saturated rings. The van der Waals surface area contributed by atoms with Gasteiger partial charge in [-0.25, -0.2) is 4.79 Å². The number of carbonyl (C=O) groups is 3. The van der Waals surface area contributed by atoms with Gasteiger partial charge in [0.15, 0.2) is 5.78 Å². The van der Waals surface area contributed by atoms with Gasteiger partial charge in [0, 0.05) is 17.8 Å². The fourth-order valence-electron chi connectivity index (χ4n) is 2.04. The van der Waals surface area contributed by atoms with Gasteiger partial charge in [-0.15, -0.1) is 0 Å². The molecule has 0 radical (unpaired) electrons. The molecule has 6 nitrogen and oxygen atoms in total. The Hall–Kier alpha value is -3.15. The highest BCUT2D eigenvalue weighted by molar-refractivity contribution is 6.06. The van der Waals surface area contributed by atoms with Crippen LogP contribution in [0.25, 0.3) is 0 Å². The van der Waals surface area contributed by atoms with Crippen molar-refractivity contribution in [2.24, 2.45) is 0 Å². The number of benzene rings is 1. The van der Waals surface area contributed by atoms with E-state index in [1.165, 1.54) is 6.92 Å². The van der Waals surface area contributed by atoms with Gasteiger partial charge in [0.25, 0.3) is 0 Å². The summed E-state index contributed by atoms with van der Waals surface area (Å²) in [5.41, 5.74) is 2.62. The molecule has 23 heavy (non-hydrogen) atoms. The number of hydrogen-bond donors (Lipinski definition) is 3. The van der Waals surface area contributed by atoms with Gasteiger partial charge in [-0.1, -0.05) is 24.3 Å². The van der Waals surface area contributed by atoms with Crippen LogP contribution in [0.2, 0.25) is 0 Å². The van der Waals surface area contributed by atoms with Crippen LogP contribution < -0.4 is 0 Å². The van der Waals surface area contributed by atoms with Crippen LogP contribution in [0.15, 0.2) is 48.4 Å². The molecule has 2 rings (SSSR count). The standard InChI is InChI=1S/C17H15NO5/c1-10(19)13-4-2-11(3-5-13)6-12-7-14(18-9-12)15(20)8-16(21)17(22)23/h2-5,7-9,18,21H,6H2,1H3,(H,22,23)/b16-8-. The molecule has 0 amide bonds. The minimum absolute atomic E-state index is 0.00361. The summed E-state index contributed by atoms with van der Waals surface area (Å²) in [6, 6.07) is 8.74. The Morgan fingerprint density at radius 1 is 1.09 bits per heavy atom. The van der Waals surface area contributed by atoms with Crippen molar-refractivity contribution >= 4 is 17.5 Å². The minimum Gasteiger partial charge on any atom is -0.502 e. The molecule has 0 atom stereocenters. The van der Waals surface area contributed by atoms with Crippen molar-refractivity contribution in [3.05, 3.63) is 70.7 Å². The van der Waals surface area contributed by atoms with E-state index in [-0.39, 0.29) is 11.5 Å². The lowest BCUT2D eigenvalue weighted by molar-refractivity contribution is -0.135. The average molecular weight is 313 g/mol. The van der Waals surface area contributed by atoms with Crippen molar-refractivity contribution in [1.82, 2.24) is 4.98 Å². The number of aliphatic hydroxyl groups excluding tert-OH is 1. The van der Waals surface area contributed by atoms with Crippen LogP contribution in [0.3, 0.4) is 0 Å². The van der Waals surface area contributed by atoms with Crippen LogP contribution in [0.5, 0.6) is 0 Å². The van der Waals surface area contributed by atoms with E-state index in [4.69, 9.17) is 10.2 Å². The number of H-pyrrole nitrogens is 1. The quantitative estimate of drug-likeness (QED) is 0.431. The molecule has 1 heterocycles. The molecule has 0 aliphatic rings. The third-order valence-electron chi connectivity index (χ3n) is 3.26. The third kappa shape index (κ3) is 4.16. The van der Waals surface area contributed by atoms with Gasteiger partial charge in [0.05, 0.1) is 5.69 Å². The van der Waals surface area contributed by atoms with Crippen LogP contribution in [0.1, 0.15) is 38.9 Å². The number of aliphatic hydroxyl groups is 1. The van der Waals surface area contributed by atoms with Crippen LogP contribution in [0.4, 0.5) is 0 Å². The predicted molar refractivity (Wildman–Crippen MR) is 82.7 cm³/mol. The van der Waals surface area contributed by atoms with E-state index in [1.54, 1.807) is 24.4 Å². The topological polar surface area (TPSA) is 107 Å². The Morgan fingerprint density at radius 2 is 1.74 bits per heavy atom. The minimum atomic E-state index is -1.56. The van der Waals surface area contributed by atoms with E-state index in [0.29, 0.717) is 18.1 Å². The Bertz CT molecular complexity index is 784. The number of nitrogens with one attached hydrogen (secondary N) is 1. The summed E-state index contributed by atoms with van der Waals surface area (Å²) in [6.07, 6.45) is 2.84. The number of aliphatic carboxylic acids is 1. The first-order valence-electron chi connectivity index (χ1n) is 6.82. The summed E-state index contributed by atoms with van der Waals surface area (Å²) in [4.78, 5) is 36.2. The fraction of sp³-hybridized carbons (Fsp3) is 0.118. The summed E-state index contributed by atoms with van der Waals surface area (Å²) in [6.45, 7) is 1.50. The molecule has 0 aliphatic carbocycles. The van der Waals surface area contributed by atoms with Gasteiger partial charge in [-0.3, -0.25) is 9.59 Å². The second-order valence-corrected chi connectivity index (χ2v) is 5.05. The Labute approximate surface area is 132 Å². The second kappa shape index (κ2) is 6.74. The predicted octanol–water partition coefficient (Wildman–Crippen LogP) is 2.52. The molecule has 6 heteroatoms. The summed E-state index contributed by atoms with van der Waals surface area (Å²) in [5, 5.41) is 17.6. The average Bonchev–Trinajstić information content (AvgIpc) is 2.96. The maximum atomic E-state index is 11.8. The van der Waals surface area contributed by atoms with E-state index in [1.807, 2.05) is 12.1 Å². The molecule has 3 N–H and O–H groups in total. The number of rotatable bonds is 6. The summed E-state index contributed by atoms with van der Waals surface area (Å²) >= 11 is 0. The van der Waals surface area contributed by atoms with E-state index in [0.717, 1.165) is 11.1 Å². The van der Waals surface area contributed by atoms with Crippen molar-refractivity contribution in [3.8, 4) is 0 Å². The highest BCUT2D eigenvalue weighted by Crippen LogP contribution is 2.13. The molecule has 118 valence electrons. The van der Waals surface area contributed by atoms with Crippen LogP contribution in [0, 0.1) is 0 Å². The molecule has 0 saturated carbocycles. The largest absolute Gasteiger partial charge is 0.502 e. The molecule has 0 saturated heterocycles. The molecule has 2 aromatic rings. The van der Waals surface area contributed by atoms with Gasteiger partial charge in [-0.2, -0.15) is 0 Å². The molecule has 0 unspecified atom stereocenters. The second-order valence-electron chi connectivity index (χ2n) is 5.05. The fourth-order valence-corrected chi connectivity index (χ4v) is 2.04. The Balaban J connectivity index is 2.10. The molecule has 0 spiro atoms. The first kappa shape index (κ1) is 16.2. The Kier molecular flexibility index (Phi) is 4.75. The lowest BCUT2D eigenvalue weighted by Gasteiger charge is -2.00. The van der Waals surface area contributed by atoms with Gasteiger partial charge in [0.1, 0.15) is 0 Å². The number of carboxylic acid groups (broad SMARTS) is 1. The zero-order valence-corrected chi connectivity index (χ0v) is 12.4. The highest BCUT2D eigenvalue weighted by Gasteiger charge is 2.11. The molecule has 0 bridgehead atoms. The number of allylic oxidation sites excluding steroid dienone is 1. The summed E-state index contributed by atoms with van der Waals surface area (Å²) in [5.74, 6) is -3.19. The molecule has 1 aromatic heterocycles. The number of Topliss-reactive ketones (excluding diaryl/α,β-unsaturated/α-hetero) is 1. The van der Waals surface area contributed by atoms with Crippen molar-refractivity contribution in [2.45, 2.75) is 13.3 Å². The monoisotopic (exact) mass is 313 g/mol. The number of carbonyl (C=O) groups excluding carboxylic acids is 2. The van der Waals surface area contributed by atoms with Crippen molar-refractivity contribution in [2.75, 3.05) is 0 Å². The van der Waals surface area contributed by atoms with E-state index in [9.17, 15) is 14.4 Å². The van der Waals surface area contributed by atoms with Crippen LogP contribution in [-0.4, -0.2) is 32.7 Å². The number of hydrogen-bond acceptors (Lipinski definition) is 4. The number of ketones is 2. The zero-order valence-electron chi connectivity index (χ0n) is 12.4. The molecular weight excluding hydrogens is 298 g/mol. The summed E-state index contributed by atoms with van der Waals surface area (Å²) < 4.78 is 0. The molecular formula is C17H15NO5. The van der Waals surface area contributed by atoms with Gasteiger partial charge < -0.3 is 15.2 Å². The Morgan fingerprint density at radius 3 is 2.30 bits per heavy atom. The maximum absolute atomic E-state index is 11.8. The number of aromatic nitrogens is 1. The van der Waals surface area contributed by atoms with Crippen LogP contribution in [-0.2, 0) is 11.2 Å². The normalized spacial score (nSPS) is 11.3. The highest BCUT2D eigenvalue weighted by atomic mass is 16.4. The maximum Gasteiger partial charge on any atom is 0.371 e. The zero-order chi connectivity index (χ0) is 17.0. The van der Waals surface area contributed by atoms with E-state index in [2.05, 4.69) is 4.98 Å². The van der Waals surface area contributed by atoms with Crippen molar-refractivity contribution in [3.63, 3.8) is 0 Å². The summed E-state index contributed by atoms with van der Waals surface area (Å²) in [7, 11) is 0. The van der Waals surface area contributed by atoms with Gasteiger partial charge >= 0.3 is 5.97 Å². The smallest absolute Gasteiger partial charge is 0.371 e. The first-order chi connectivity index (χ1) is 10.9. The first-order valence-corrected chi connectivity index (χ1v) is 6.82.